The lowest BCUT2D eigenvalue weighted by atomic mass is 9.99. The Morgan fingerprint density at radius 1 is 0.962 bits per heavy atom. The third kappa shape index (κ3) is 3.81. The number of rotatable bonds is 4. The van der Waals surface area contributed by atoms with Gasteiger partial charge in [0.05, 0.1) is 13.2 Å². The highest BCUT2D eigenvalue weighted by Gasteiger charge is 2.29. The van der Waals surface area contributed by atoms with Gasteiger partial charge in [-0.05, 0) is 23.6 Å². The molecule has 26 heavy (non-hydrogen) atoms. The van der Waals surface area contributed by atoms with Gasteiger partial charge in [-0.3, -0.25) is 9.69 Å². The highest BCUT2D eigenvalue weighted by molar-refractivity contribution is 5.96. The minimum atomic E-state index is 0.173. The number of hydrogen-bond donors (Lipinski definition) is 0. The molecule has 2 saturated heterocycles. The van der Waals surface area contributed by atoms with Crippen molar-refractivity contribution in [1.29, 1.82) is 0 Å². The number of hydrogen-bond acceptors (Lipinski definition) is 3. The van der Waals surface area contributed by atoms with Crippen molar-refractivity contribution in [2.75, 3.05) is 39.4 Å². The molecule has 1 atom stereocenters. The number of carbonyl (C=O) groups is 1. The van der Waals surface area contributed by atoms with Crippen molar-refractivity contribution < 1.29 is 9.53 Å². The van der Waals surface area contributed by atoms with E-state index in [1.807, 2.05) is 29.2 Å². The molecule has 2 aliphatic rings. The van der Waals surface area contributed by atoms with Gasteiger partial charge in [0.2, 0.25) is 0 Å². The first kappa shape index (κ1) is 17.3. The van der Waals surface area contributed by atoms with E-state index in [9.17, 15) is 4.79 Å². The Kier molecular flexibility index (Phi) is 5.32. The van der Waals surface area contributed by atoms with E-state index in [4.69, 9.17) is 4.74 Å². The van der Waals surface area contributed by atoms with Gasteiger partial charge in [0.1, 0.15) is 0 Å². The zero-order valence-corrected chi connectivity index (χ0v) is 15.1. The van der Waals surface area contributed by atoms with Gasteiger partial charge >= 0.3 is 0 Å². The van der Waals surface area contributed by atoms with Crippen LogP contribution in [-0.2, 0) is 11.3 Å². The van der Waals surface area contributed by atoms with Crippen molar-refractivity contribution in [2.45, 2.75) is 18.9 Å². The van der Waals surface area contributed by atoms with Crippen LogP contribution in [0.15, 0.2) is 54.6 Å². The van der Waals surface area contributed by atoms with E-state index >= 15 is 0 Å². The first-order valence-corrected chi connectivity index (χ1v) is 9.53. The maximum Gasteiger partial charge on any atom is 0.254 e. The van der Waals surface area contributed by atoms with Crippen molar-refractivity contribution in [3.8, 4) is 0 Å². The SMILES string of the molecule is O=C(c1ccccc1CN1CCOCC1)N1CC[C@@H](c2ccccc2)C1. The quantitative estimate of drug-likeness (QED) is 0.849. The molecule has 0 spiro atoms. The third-order valence-corrected chi connectivity index (χ3v) is 5.49. The molecule has 2 aromatic carbocycles. The van der Waals surface area contributed by atoms with Gasteiger partial charge in [0.15, 0.2) is 0 Å². The van der Waals surface area contributed by atoms with Crippen LogP contribution in [0.2, 0.25) is 0 Å². The molecule has 4 rings (SSSR count). The minimum absolute atomic E-state index is 0.173. The van der Waals surface area contributed by atoms with Crippen LogP contribution in [0.5, 0.6) is 0 Å². The fourth-order valence-electron chi connectivity index (χ4n) is 3.98. The van der Waals surface area contributed by atoms with E-state index in [-0.39, 0.29) is 5.91 Å². The number of nitrogens with zero attached hydrogens (tertiary/aromatic N) is 2. The Labute approximate surface area is 155 Å². The molecule has 2 aromatic rings. The maximum atomic E-state index is 13.2. The average Bonchev–Trinajstić information content (AvgIpc) is 3.20. The summed E-state index contributed by atoms with van der Waals surface area (Å²) < 4.78 is 5.43. The first-order chi connectivity index (χ1) is 12.8. The van der Waals surface area contributed by atoms with E-state index in [0.29, 0.717) is 5.92 Å². The molecule has 1 amide bonds. The van der Waals surface area contributed by atoms with Crippen LogP contribution >= 0.6 is 0 Å². The smallest absolute Gasteiger partial charge is 0.254 e. The van der Waals surface area contributed by atoms with Crippen LogP contribution < -0.4 is 0 Å². The molecule has 2 heterocycles. The van der Waals surface area contributed by atoms with E-state index in [2.05, 4.69) is 35.2 Å². The third-order valence-electron chi connectivity index (χ3n) is 5.49. The highest BCUT2D eigenvalue weighted by Crippen LogP contribution is 2.28. The summed E-state index contributed by atoms with van der Waals surface area (Å²) in [5, 5.41) is 0. The lowest BCUT2D eigenvalue weighted by molar-refractivity contribution is 0.0340. The topological polar surface area (TPSA) is 32.8 Å². The molecule has 2 fully saturated rings. The average molecular weight is 350 g/mol. The van der Waals surface area contributed by atoms with Gasteiger partial charge in [-0.1, -0.05) is 48.5 Å². The van der Waals surface area contributed by atoms with Crippen LogP contribution in [0.4, 0.5) is 0 Å². The molecule has 0 unspecified atom stereocenters. The Morgan fingerprint density at radius 2 is 1.69 bits per heavy atom. The monoisotopic (exact) mass is 350 g/mol. The Bertz CT molecular complexity index is 741. The predicted octanol–water partition coefficient (Wildman–Crippen LogP) is 3.15. The maximum absolute atomic E-state index is 13.2. The second-order valence-electron chi connectivity index (χ2n) is 7.19. The summed E-state index contributed by atoms with van der Waals surface area (Å²) in [5.74, 6) is 0.624. The molecule has 0 aliphatic carbocycles. The number of morpholine rings is 1. The highest BCUT2D eigenvalue weighted by atomic mass is 16.5. The number of likely N-dealkylation sites (tertiary alicyclic amines) is 1. The number of ether oxygens (including phenoxy) is 1. The fourth-order valence-corrected chi connectivity index (χ4v) is 3.98. The molecular weight excluding hydrogens is 324 g/mol. The van der Waals surface area contributed by atoms with Crippen molar-refractivity contribution >= 4 is 5.91 Å². The van der Waals surface area contributed by atoms with Gasteiger partial charge < -0.3 is 9.64 Å². The molecular formula is C22H26N2O2. The van der Waals surface area contributed by atoms with E-state index in [1.165, 1.54) is 5.56 Å². The summed E-state index contributed by atoms with van der Waals surface area (Å²) in [6.07, 6.45) is 1.04. The Hall–Kier alpha value is -2.17. The van der Waals surface area contributed by atoms with Crippen molar-refractivity contribution in [2.24, 2.45) is 0 Å². The van der Waals surface area contributed by atoms with Crippen LogP contribution in [0.3, 0.4) is 0 Å². The van der Waals surface area contributed by atoms with Crippen LogP contribution in [0, 0.1) is 0 Å². The molecule has 0 aromatic heterocycles. The number of amides is 1. The normalized spacial score (nSPS) is 21.1. The van der Waals surface area contributed by atoms with Crippen molar-refractivity contribution in [3.05, 3.63) is 71.3 Å². The molecule has 2 aliphatic heterocycles. The van der Waals surface area contributed by atoms with Gasteiger partial charge in [-0.15, -0.1) is 0 Å². The fraction of sp³-hybridized carbons (Fsp3) is 0.409. The largest absolute Gasteiger partial charge is 0.379 e. The second-order valence-corrected chi connectivity index (χ2v) is 7.19. The van der Waals surface area contributed by atoms with Crippen LogP contribution in [0.25, 0.3) is 0 Å². The summed E-state index contributed by atoms with van der Waals surface area (Å²) in [4.78, 5) is 17.6. The summed E-state index contributed by atoms with van der Waals surface area (Å²) >= 11 is 0. The van der Waals surface area contributed by atoms with E-state index < -0.39 is 0 Å². The standard InChI is InChI=1S/C22H26N2O2/c25-22(24-11-10-19(17-24)18-6-2-1-3-7-18)21-9-5-4-8-20(21)16-23-12-14-26-15-13-23/h1-9,19H,10-17H2/t19-/m1/s1. The van der Waals surface area contributed by atoms with Crippen LogP contribution in [-0.4, -0.2) is 55.1 Å². The summed E-state index contributed by atoms with van der Waals surface area (Å²) in [6.45, 7) is 5.90. The molecule has 4 nitrogen and oxygen atoms in total. The second kappa shape index (κ2) is 8.02. The van der Waals surface area contributed by atoms with Crippen molar-refractivity contribution in [3.63, 3.8) is 0 Å². The zero-order valence-electron chi connectivity index (χ0n) is 15.1. The minimum Gasteiger partial charge on any atom is -0.379 e. The zero-order chi connectivity index (χ0) is 17.8. The Morgan fingerprint density at radius 3 is 2.50 bits per heavy atom. The van der Waals surface area contributed by atoms with Crippen molar-refractivity contribution in [1.82, 2.24) is 9.80 Å². The molecule has 4 heteroatoms. The predicted molar refractivity (Wildman–Crippen MR) is 102 cm³/mol. The number of benzene rings is 2. The molecule has 136 valence electrons. The molecule has 0 bridgehead atoms. The number of carbonyl (C=O) groups excluding carboxylic acids is 1. The molecule has 0 radical (unpaired) electrons. The first-order valence-electron chi connectivity index (χ1n) is 9.53. The summed E-state index contributed by atoms with van der Waals surface area (Å²) in [6, 6.07) is 18.6. The lowest BCUT2D eigenvalue weighted by Gasteiger charge is -2.27. The van der Waals surface area contributed by atoms with Gasteiger partial charge in [-0.2, -0.15) is 0 Å². The van der Waals surface area contributed by atoms with Gasteiger partial charge in [0, 0.05) is 44.2 Å². The van der Waals surface area contributed by atoms with Gasteiger partial charge in [-0.25, -0.2) is 0 Å². The summed E-state index contributed by atoms with van der Waals surface area (Å²) in [7, 11) is 0. The summed E-state index contributed by atoms with van der Waals surface area (Å²) in [5.41, 5.74) is 3.32. The van der Waals surface area contributed by atoms with E-state index in [0.717, 1.165) is 63.5 Å². The van der Waals surface area contributed by atoms with Crippen LogP contribution in [0.1, 0.15) is 33.8 Å². The van der Waals surface area contributed by atoms with E-state index in [1.54, 1.807) is 0 Å². The Balaban J connectivity index is 1.46. The molecule has 0 saturated carbocycles. The lowest BCUT2D eigenvalue weighted by Crippen LogP contribution is -2.36. The van der Waals surface area contributed by atoms with Gasteiger partial charge in [0.25, 0.3) is 5.91 Å². The molecule has 0 N–H and O–H groups in total.